The van der Waals surface area contributed by atoms with Crippen molar-refractivity contribution in [3.8, 4) is 0 Å². The zero-order valence-corrected chi connectivity index (χ0v) is 11.8. The van der Waals surface area contributed by atoms with Crippen LogP contribution in [0.5, 0.6) is 0 Å². The fourth-order valence-electron chi connectivity index (χ4n) is 1.62. The quantitative estimate of drug-likeness (QED) is 0.569. The van der Waals surface area contributed by atoms with Crippen LogP contribution >= 0.6 is 0 Å². The van der Waals surface area contributed by atoms with Crippen LogP contribution in [0.4, 0.5) is 0 Å². The van der Waals surface area contributed by atoms with Crippen molar-refractivity contribution in [2.75, 3.05) is 13.1 Å². The highest BCUT2D eigenvalue weighted by Crippen LogP contribution is 2.15. The Balaban J connectivity index is 3.95. The van der Waals surface area contributed by atoms with Crippen LogP contribution in [0, 0.1) is 11.3 Å². The fourth-order valence-corrected chi connectivity index (χ4v) is 1.62. The molecule has 0 aliphatic heterocycles. The monoisotopic (exact) mass is 257 g/mol. The number of rotatable bonds is 9. The van der Waals surface area contributed by atoms with Crippen molar-refractivity contribution in [3.05, 3.63) is 0 Å². The predicted molar refractivity (Wildman–Crippen MR) is 72.7 cm³/mol. The maximum absolute atomic E-state index is 11.6. The normalized spacial score (nSPS) is 13.1. The molecule has 0 saturated heterocycles. The van der Waals surface area contributed by atoms with Crippen LogP contribution in [0.1, 0.15) is 46.5 Å². The summed E-state index contributed by atoms with van der Waals surface area (Å²) in [5, 5.41) is 2.75. The molecule has 1 unspecified atom stereocenters. The molecule has 5 N–H and O–H groups in total. The van der Waals surface area contributed by atoms with Gasteiger partial charge < -0.3 is 16.8 Å². The Morgan fingerprint density at radius 2 is 1.89 bits per heavy atom. The first-order valence-corrected chi connectivity index (χ1v) is 6.60. The molecule has 0 heterocycles. The van der Waals surface area contributed by atoms with Gasteiger partial charge in [-0.05, 0) is 39.2 Å². The number of nitrogens with two attached hydrogens (primary N) is 2. The van der Waals surface area contributed by atoms with Crippen molar-refractivity contribution in [1.29, 1.82) is 0 Å². The molecule has 2 amide bonds. The SMILES string of the molecule is CCC(CCN)CCC(=O)NCC(C)(C)C(N)=O. The van der Waals surface area contributed by atoms with Crippen molar-refractivity contribution in [2.45, 2.75) is 46.5 Å². The highest BCUT2D eigenvalue weighted by molar-refractivity contribution is 5.82. The van der Waals surface area contributed by atoms with Crippen LogP contribution < -0.4 is 16.8 Å². The van der Waals surface area contributed by atoms with Gasteiger partial charge in [0.2, 0.25) is 11.8 Å². The summed E-state index contributed by atoms with van der Waals surface area (Å²) in [7, 11) is 0. The number of carbonyl (C=O) groups is 2. The third-order valence-corrected chi connectivity index (χ3v) is 3.33. The highest BCUT2D eigenvalue weighted by atomic mass is 16.2. The van der Waals surface area contributed by atoms with Crippen molar-refractivity contribution in [1.82, 2.24) is 5.32 Å². The third-order valence-electron chi connectivity index (χ3n) is 3.33. The van der Waals surface area contributed by atoms with Gasteiger partial charge >= 0.3 is 0 Å². The molecule has 0 aromatic heterocycles. The second kappa shape index (κ2) is 8.08. The summed E-state index contributed by atoms with van der Waals surface area (Å²) in [5.74, 6) is 0.0714. The molecule has 0 spiro atoms. The zero-order chi connectivity index (χ0) is 14.2. The van der Waals surface area contributed by atoms with Gasteiger partial charge in [0.1, 0.15) is 0 Å². The minimum Gasteiger partial charge on any atom is -0.369 e. The molecule has 18 heavy (non-hydrogen) atoms. The zero-order valence-electron chi connectivity index (χ0n) is 11.8. The molecular weight excluding hydrogens is 230 g/mol. The second-order valence-electron chi connectivity index (χ2n) is 5.42. The first-order chi connectivity index (χ1) is 8.33. The van der Waals surface area contributed by atoms with E-state index in [0.717, 1.165) is 19.3 Å². The Bertz CT molecular complexity index is 277. The lowest BCUT2D eigenvalue weighted by Gasteiger charge is -2.21. The molecule has 0 saturated carbocycles. The molecule has 0 radical (unpaired) electrons. The second-order valence-corrected chi connectivity index (χ2v) is 5.42. The average molecular weight is 257 g/mol. The predicted octanol–water partition coefficient (Wildman–Crippen LogP) is 0.769. The van der Waals surface area contributed by atoms with Crippen molar-refractivity contribution in [2.24, 2.45) is 22.8 Å². The van der Waals surface area contributed by atoms with E-state index in [1.807, 2.05) is 0 Å². The summed E-state index contributed by atoms with van der Waals surface area (Å²) in [6.07, 6.45) is 3.32. The molecule has 0 aromatic rings. The minimum atomic E-state index is -0.697. The van der Waals surface area contributed by atoms with Gasteiger partial charge in [-0.2, -0.15) is 0 Å². The van der Waals surface area contributed by atoms with Gasteiger partial charge in [0, 0.05) is 13.0 Å². The largest absolute Gasteiger partial charge is 0.369 e. The Hall–Kier alpha value is -1.10. The Morgan fingerprint density at radius 3 is 2.33 bits per heavy atom. The van der Waals surface area contributed by atoms with Crippen LogP contribution in [0.25, 0.3) is 0 Å². The maximum Gasteiger partial charge on any atom is 0.224 e. The number of carbonyl (C=O) groups excluding carboxylic acids is 2. The Morgan fingerprint density at radius 1 is 1.28 bits per heavy atom. The first-order valence-electron chi connectivity index (χ1n) is 6.60. The summed E-state index contributed by atoms with van der Waals surface area (Å²) in [6.45, 7) is 6.50. The van der Waals surface area contributed by atoms with Gasteiger partial charge in [0.25, 0.3) is 0 Å². The number of hydrogen-bond acceptors (Lipinski definition) is 3. The topological polar surface area (TPSA) is 98.2 Å². The van der Waals surface area contributed by atoms with Gasteiger partial charge in [-0.1, -0.05) is 13.3 Å². The lowest BCUT2D eigenvalue weighted by atomic mass is 9.92. The summed E-state index contributed by atoms with van der Waals surface area (Å²) in [6, 6.07) is 0. The Kier molecular flexibility index (Phi) is 7.59. The van der Waals surface area contributed by atoms with Crippen LogP contribution in [0.15, 0.2) is 0 Å². The summed E-state index contributed by atoms with van der Waals surface area (Å²) >= 11 is 0. The molecule has 0 aliphatic rings. The first kappa shape index (κ1) is 16.9. The highest BCUT2D eigenvalue weighted by Gasteiger charge is 2.25. The molecule has 106 valence electrons. The van der Waals surface area contributed by atoms with Crippen molar-refractivity contribution in [3.63, 3.8) is 0 Å². The van der Waals surface area contributed by atoms with Gasteiger partial charge in [-0.15, -0.1) is 0 Å². The molecule has 0 bridgehead atoms. The van der Waals surface area contributed by atoms with Crippen molar-refractivity contribution >= 4 is 11.8 Å². The minimum absolute atomic E-state index is 0.0280. The van der Waals surface area contributed by atoms with Crippen molar-refractivity contribution < 1.29 is 9.59 Å². The van der Waals surface area contributed by atoms with Gasteiger partial charge in [0.05, 0.1) is 5.41 Å². The van der Waals surface area contributed by atoms with Crippen LogP contribution in [0.2, 0.25) is 0 Å². The van der Waals surface area contributed by atoms with E-state index in [9.17, 15) is 9.59 Å². The van der Waals surface area contributed by atoms with E-state index in [4.69, 9.17) is 11.5 Å². The Labute approximate surface area is 110 Å². The van der Waals surface area contributed by atoms with Gasteiger partial charge in [0.15, 0.2) is 0 Å². The van der Waals surface area contributed by atoms with E-state index < -0.39 is 11.3 Å². The van der Waals surface area contributed by atoms with Crippen LogP contribution in [-0.2, 0) is 9.59 Å². The summed E-state index contributed by atoms with van der Waals surface area (Å²) in [4.78, 5) is 22.7. The van der Waals surface area contributed by atoms with Crippen LogP contribution in [0.3, 0.4) is 0 Å². The smallest absolute Gasteiger partial charge is 0.224 e. The summed E-state index contributed by atoms with van der Waals surface area (Å²) in [5.41, 5.74) is 10.0. The molecule has 5 nitrogen and oxygen atoms in total. The fraction of sp³-hybridized carbons (Fsp3) is 0.846. The number of primary amides is 1. The summed E-state index contributed by atoms with van der Waals surface area (Å²) < 4.78 is 0. The van der Waals surface area contributed by atoms with E-state index in [0.29, 0.717) is 18.9 Å². The average Bonchev–Trinajstić information content (AvgIpc) is 2.31. The van der Waals surface area contributed by atoms with E-state index in [2.05, 4.69) is 12.2 Å². The van der Waals surface area contributed by atoms with Gasteiger partial charge in [-0.3, -0.25) is 9.59 Å². The molecule has 0 aliphatic carbocycles. The molecular formula is C13H27N3O2. The molecule has 1 atom stereocenters. The van der Waals surface area contributed by atoms with E-state index >= 15 is 0 Å². The van der Waals surface area contributed by atoms with Crippen LogP contribution in [-0.4, -0.2) is 24.9 Å². The van der Waals surface area contributed by atoms with E-state index in [1.165, 1.54) is 0 Å². The van der Waals surface area contributed by atoms with E-state index in [-0.39, 0.29) is 12.5 Å². The molecule has 0 fully saturated rings. The maximum atomic E-state index is 11.6. The number of amides is 2. The third kappa shape index (κ3) is 6.59. The molecule has 5 heteroatoms. The number of nitrogens with one attached hydrogen (secondary N) is 1. The lowest BCUT2D eigenvalue weighted by molar-refractivity contribution is -0.127. The van der Waals surface area contributed by atoms with E-state index in [1.54, 1.807) is 13.8 Å². The molecule has 0 aromatic carbocycles. The standard InChI is InChI=1S/C13H27N3O2/c1-4-10(7-8-14)5-6-11(17)16-9-13(2,3)12(15)18/h10H,4-9,14H2,1-3H3,(H2,15,18)(H,16,17). The lowest BCUT2D eigenvalue weighted by Crippen LogP contribution is -2.42. The molecule has 0 rings (SSSR count). The number of hydrogen-bond donors (Lipinski definition) is 3. The van der Waals surface area contributed by atoms with Gasteiger partial charge in [-0.25, -0.2) is 0 Å².